The molecule has 136 valence electrons. The van der Waals surface area contributed by atoms with Gasteiger partial charge < -0.3 is 10.5 Å². The molecule has 2 aliphatic rings. The first kappa shape index (κ1) is 17.7. The summed E-state index contributed by atoms with van der Waals surface area (Å²) in [6.07, 6.45) is -0.0274. The zero-order valence-corrected chi connectivity index (χ0v) is 14.0. The fraction of sp³-hybridized carbons (Fsp3) is 0.353. The van der Waals surface area contributed by atoms with Crippen LogP contribution in [0.5, 0.6) is 0 Å². The normalized spacial score (nSPS) is 21.1. The molecule has 9 nitrogen and oxygen atoms in total. The molecule has 9 heteroatoms. The average Bonchev–Trinajstić information content (AvgIpc) is 2.86. The van der Waals surface area contributed by atoms with Crippen LogP contribution in [0.4, 0.5) is 0 Å². The lowest BCUT2D eigenvalue weighted by molar-refractivity contribution is -0.164. The van der Waals surface area contributed by atoms with Gasteiger partial charge in [-0.15, -0.1) is 0 Å². The summed E-state index contributed by atoms with van der Waals surface area (Å²) in [6.45, 7) is 0.807. The van der Waals surface area contributed by atoms with E-state index in [4.69, 9.17) is 10.5 Å². The van der Waals surface area contributed by atoms with Crippen LogP contribution in [0.25, 0.3) is 0 Å². The van der Waals surface area contributed by atoms with Crippen LogP contribution in [0.15, 0.2) is 24.3 Å². The van der Waals surface area contributed by atoms with Gasteiger partial charge in [-0.1, -0.05) is 12.1 Å². The molecule has 2 heterocycles. The Balaban J connectivity index is 1.80. The minimum absolute atomic E-state index is 0.0286. The number of amides is 4. The van der Waals surface area contributed by atoms with E-state index in [1.165, 1.54) is 19.1 Å². The molecule has 0 saturated carbocycles. The van der Waals surface area contributed by atoms with Gasteiger partial charge in [-0.25, -0.2) is 4.90 Å². The number of ether oxygens (including phenoxy) is 1. The molecule has 4 amide bonds. The highest BCUT2D eigenvalue weighted by Crippen LogP contribution is 2.28. The highest BCUT2D eigenvalue weighted by Gasteiger charge is 2.47. The Labute approximate surface area is 148 Å². The molecule has 0 radical (unpaired) electrons. The maximum atomic E-state index is 12.7. The number of nitrogens with zero attached hydrogens (tertiary/aromatic N) is 2. The summed E-state index contributed by atoms with van der Waals surface area (Å²) in [7, 11) is 0. The molecule has 1 unspecified atom stereocenters. The minimum atomic E-state index is -1.12. The Morgan fingerprint density at radius 1 is 1.19 bits per heavy atom. The molecule has 2 aliphatic heterocycles. The number of fused-ring (bicyclic) bond motifs is 1. The summed E-state index contributed by atoms with van der Waals surface area (Å²) in [5.74, 6) is -3.22. The maximum Gasteiger partial charge on any atom is 0.324 e. The van der Waals surface area contributed by atoms with Gasteiger partial charge in [0.1, 0.15) is 12.1 Å². The monoisotopic (exact) mass is 359 g/mol. The highest BCUT2D eigenvalue weighted by atomic mass is 16.5. The molecule has 0 aromatic heterocycles. The van der Waals surface area contributed by atoms with E-state index in [2.05, 4.69) is 0 Å². The first-order chi connectivity index (χ1) is 12.3. The number of rotatable bonds is 4. The molecule has 2 atom stereocenters. The van der Waals surface area contributed by atoms with E-state index < -0.39 is 48.4 Å². The van der Waals surface area contributed by atoms with Crippen LogP contribution < -0.4 is 5.73 Å². The maximum absolute atomic E-state index is 12.7. The molecule has 2 N–H and O–H groups in total. The SMILES string of the molecule is C[C@H](N)C(=O)OCN1C(=O)CCC(N2C(=O)c3ccccc3C2=O)C1=O. The van der Waals surface area contributed by atoms with E-state index in [1.54, 1.807) is 12.1 Å². The van der Waals surface area contributed by atoms with E-state index in [9.17, 15) is 24.0 Å². The van der Waals surface area contributed by atoms with Crippen molar-refractivity contribution in [1.82, 2.24) is 9.80 Å². The quantitative estimate of drug-likeness (QED) is 0.575. The van der Waals surface area contributed by atoms with Crippen molar-refractivity contribution in [2.24, 2.45) is 5.73 Å². The molecule has 3 rings (SSSR count). The van der Waals surface area contributed by atoms with Crippen molar-refractivity contribution in [3.05, 3.63) is 35.4 Å². The van der Waals surface area contributed by atoms with Crippen molar-refractivity contribution in [3.63, 3.8) is 0 Å². The van der Waals surface area contributed by atoms with Gasteiger partial charge in [0.15, 0.2) is 6.73 Å². The van der Waals surface area contributed by atoms with Crippen LogP contribution in [0.2, 0.25) is 0 Å². The number of carbonyl (C=O) groups is 5. The molecule has 0 aliphatic carbocycles. The standard InChI is InChI=1S/C17H17N3O6/c1-9(18)17(25)26-8-19-13(21)7-6-12(16(19)24)20-14(22)10-4-2-3-5-11(10)15(20)23/h2-5,9,12H,6-8,18H2,1H3/t9-,12?/m0/s1. The second kappa shape index (κ2) is 6.68. The number of nitrogens with two attached hydrogens (primary N) is 1. The summed E-state index contributed by atoms with van der Waals surface area (Å²) >= 11 is 0. The Hall–Kier alpha value is -3.07. The lowest BCUT2D eigenvalue weighted by Gasteiger charge is -2.34. The lowest BCUT2D eigenvalue weighted by Crippen LogP contribution is -2.56. The lowest BCUT2D eigenvalue weighted by atomic mass is 10.0. The Morgan fingerprint density at radius 2 is 1.77 bits per heavy atom. The zero-order chi connectivity index (χ0) is 19.0. The van der Waals surface area contributed by atoms with Gasteiger partial charge in [-0.05, 0) is 25.5 Å². The molecule has 0 bridgehead atoms. The van der Waals surface area contributed by atoms with E-state index in [0.29, 0.717) is 0 Å². The predicted octanol–water partition coefficient (Wildman–Crippen LogP) is -0.352. The fourth-order valence-corrected chi connectivity index (χ4v) is 2.95. The Morgan fingerprint density at radius 3 is 2.31 bits per heavy atom. The van der Waals surface area contributed by atoms with Crippen LogP contribution in [-0.4, -0.2) is 58.2 Å². The topological polar surface area (TPSA) is 127 Å². The minimum Gasteiger partial charge on any atom is -0.443 e. The average molecular weight is 359 g/mol. The van der Waals surface area contributed by atoms with Gasteiger partial charge in [0.05, 0.1) is 11.1 Å². The third kappa shape index (κ3) is 2.86. The van der Waals surface area contributed by atoms with Crippen LogP contribution in [0, 0.1) is 0 Å². The van der Waals surface area contributed by atoms with Crippen molar-refractivity contribution in [1.29, 1.82) is 0 Å². The van der Waals surface area contributed by atoms with Crippen LogP contribution in [0.3, 0.4) is 0 Å². The molecule has 1 aromatic carbocycles. The zero-order valence-electron chi connectivity index (χ0n) is 14.0. The van der Waals surface area contributed by atoms with Crippen molar-refractivity contribution in [2.45, 2.75) is 31.8 Å². The van der Waals surface area contributed by atoms with Crippen molar-refractivity contribution in [3.8, 4) is 0 Å². The molecule has 1 fully saturated rings. The molecule has 26 heavy (non-hydrogen) atoms. The first-order valence-electron chi connectivity index (χ1n) is 8.06. The van der Waals surface area contributed by atoms with Gasteiger partial charge in [0.2, 0.25) is 5.91 Å². The van der Waals surface area contributed by atoms with Gasteiger partial charge in [0, 0.05) is 6.42 Å². The highest BCUT2D eigenvalue weighted by molar-refractivity contribution is 6.23. The van der Waals surface area contributed by atoms with E-state index >= 15 is 0 Å². The number of esters is 1. The van der Waals surface area contributed by atoms with E-state index in [0.717, 1.165) is 9.80 Å². The molecule has 1 saturated heterocycles. The first-order valence-corrected chi connectivity index (χ1v) is 8.06. The second-order valence-electron chi connectivity index (χ2n) is 6.12. The predicted molar refractivity (Wildman–Crippen MR) is 86.4 cm³/mol. The number of carbonyl (C=O) groups excluding carboxylic acids is 5. The largest absolute Gasteiger partial charge is 0.443 e. The molecule has 0 spiro atoms. The summed E-state index contributed by atoms with van der Waals surface area (Å²) in [5.41, 5.74) is 5.81. The number of imide groups is 2. The fourth-order valence-electron chi connectivity index (χ4n) is 2.95. The molecule has 1 aromatic rings. The van der Waals surface area contributed by atoms with E-state index in [-0.39, 0.29) is 24.0 Å². The molecular weight excluding hydrogens is 342 g/mol. The Kier molecular flexibility index (Phi) is 4.56. The van der Waals surface area contributed by atoms with Crippen molar-refractivity contribution in [2.75, 3.05) is 6.73 Å². The summed E-state index contributed by atoms with van der Waals surface area (Å²) in [5, 5.41) is 0. The third-order valence-corrected chi connectivity index (χ3v) is 4.33. The Bertz CT molecular complexity index is 783. The third-order valence-electron chi connectivity index (χ3n) is 4.33. The van der Waals surface area contributed by atoms with Gasteiger partial charge in [0.25, 0.3) is 17.7 Å². The van der Waals surface area contributed by atoms with Crippen LogP contribution >= 0.6 is 0 Å². The number of hydrogen-bond donors (Lipinski definition) is 1. The van der Waals surface area contributed by atoms with Crippen molar-refractivity contribution < 1.29 is 28.7 Å². The van der Waals surface area contributed by atoms with Gasteiger partial charge >= 0.3 is 5.97 Å². The van der Waals surface area contributed by atoms with Crippen LogP contribution in [0.1, 0.15) is 40.5 Å². The summed E-state index contributed by atoms with van der Waals surface area (Å²) in [6, 6.07) is 4.25. The number of benzene rings is 1. The smallest absolute Gasteiger partial charge is 0.324 e. The number of likely N-dealkylation sites (tertiary alicyclic amines) is 1. The van der Waals surface area contributed by atoms with Gasteiger partial charge in [-0.3, -0.25) is 28.9 Å². The summed E-state index contributed by atoms with van der Waals surface area (Å²) in [4.78, 5) is 62.9. The van der Waals surface area contributed by atoms with Gasteiger partial charge in [-0.2, -0.15) is 0 Å². The van der Waals surface area contributed by atoms with Crippen molar-refractivity contribution >= 4 is 29.6 Å². The second-order valence-corrected chi connectivity index (χ2v) is 6.12. The number of hydrogen-bond acceptors (Lipinski definition) is 7. The van der Waals surface area contributed by atoms with Crippen LogP contribution in [-0.2, 0) is 19.1 Å². The number of piperidine rings is 1. The van der Waals surface area contributed by atoms with E-state index in [1.807, 2.05) is 0 Å². The molecular formula is C17H17N3O6. The summed E-state index contributed by atoms with van der Waals surface area (Å²) < 4.78 is 4.84.